The summed E-state index contributed by atoms with van der Waals surface area (Å²) >= 11 is 0. The number of rotatable bonds is 9. The third-order valence-electron chi connectivity index (χ3n) is 4.92. The molecule has 166 valence electrons. The first-order valence-corrected chi connectivity index (χ1v) is 10.5. The summed E-state index contributed by atoms with van der Waals surface area (Å²) < 4.78 is 16.3. The van der Waals surface area contributed by atoms with E-state index in [9.17, 15) is 4.79 Å². The van der Waals surface area contributed by atoms with Crippen molar-refractivity contribution in [2.75, 3.05) is 32.3 Å². The van der Waals surface area contributed by atoms with E-state index in [2.05, 4.69) is 6.08 Å². The van der Waals surface area contributed by atoms with E-state index in [-0.39, 0.29) is 5.91 Å². The summed E-state index contributed by atoms with van der Waals surface area (Å²) in [6, 6.07) is 22.8. The first-order valence-electron chi connectivity index (χ1n) is 10.5. The molecule has 0 fully saturated rings. The third-order valence-corrected chi connectivity index (χ3v) is 4.92. The number of hydrogen-bond donors (Lipinski definition) is 0. The van der Waals surface area contributed by atoms with E-state index in [0.717, 1.165) is 22.6 Å². The smallest absolute Gasteiger partial charge is 0.258 e. The predicted molar refractivity (Wildman–Crippen MR) is 129 cm³/mol. The van der Waals surface area contributed by atoms with E-state index in [1.165, 1.54) is 0 Å². The fourth-order valence-corrected chi connectivity index (χ4v) is 3.38. The molecule has 3 aromatic rings. The standard InChI is InChI=1S/C27H29NO4/c1-5-32-24-13-11-23(12-14-24)28(19-20(2)15-21-9-7-6-8-10-21)27(29)22-16-25(30-3)18-26(17-22)31-4/h6-18H,5,19H2,1-4H3/b20-15+. The zero-order chi connectivity index (χ0) is 22.9. The van der Waals surface area contributed by atoms with Gasteiger partial charge in [0.25, 0.3) is 5.91 Å². The van der Waals surface area contributed by atoms with Gasteiger partial charge in [-0.05, 0) is 55.8 Å². The second-order valence-corrected chi connectivity index (χ2v) is 7.32. The highest BCUT2D eigenvalue weighted by Gasteiger charge is 2.20. The summed E-state index contributed by atoms with van der Waals surface area (Å²) in [5.41, 5.74) is 3.41. The minimum absolute atomic E-state index is 0.146. The lowest BCUT2D eigenvalue weighted by Gasteiger charge is -2.24. The molecule has 3 rings (SSSR count). The van der Waals surface area contributed by atoms with Crippen molar-refractivity contribution in [1.82, 2.24) is 0 Å². The maximum absolute atomic E-state index is 13.6. The molecule has 1 amide bonds. The largest absolute Gasteiger partial charge is 0.497 e. The Hall–Kier alpha value is -3.73. The molecule has 5 nitrogen and oxygen atoms in total. The maximum Gasteiger partial charge on any atom is 0.258 e. The van der Waals surface area contributed by atoms with Crippen molar-refractivity contribution in [3.05, 3.63) is 89.5 Å². The normalized spacial score (nSPS) is 11.1. The average molecular weight is 432 g/mol. The molecule has 0 aliphatic carbocycles. The molecule has 0 N–H and O–H groups in total. The second-order valence-electron chi connectivity index (χ2n) is 7.32. The topological polar surface area (TPSA) is 48.0 Å². The van der Waals surface area contributed by atoms with Gasteiger partial charge in [0.05, 0.1) is 20.8 Å². The number of carbonyl (C=O) groups excluding carboxylic acids is 1. The maximum atomic E-state index is 13.6. The van der Waals surface area contributed by atoms with Crippen LogP contribution in [-0.4, -0.2) is 33.3 Å². The van der Waals surface area contributed by atoms with Crippen LogP contribution in [0.4, 0.5) is 5.69 Å². The van der Waals surface area contributed by atoms with Crippen LogP contribution in [0.1, 0.15) is 29.8 Å². The fourth-order valence-electron chi connectivity index (χ4n) is 3.38. The molecule has 0 radical (unpaired) electrons. The molecule has 0 bridgehead atoms. The van der Waals surface area contributed by atoms with Crippen LogP contribution < -0.4 is 19.1 Å². The molecule has 0 unspecified atom stereocenters. The summed E-state index contributed by atoms with van der Waals surface area (Å²) in [6.45, 7) is 4.98. The van der Waals surface area contributed by atoms with Crippen molar-refractivity contribution in [2.45, 2.75) is 13.8 Å². The molecule has 0 saturated heterocycles. The first-order chi connectivity index (χ1) is 15.5. The Morgan fingerprint density at radius 2 is 1.50 bits per heavy atom. The van der Waals surface area contributed by atoms with Crippen LogP contribution in [0.5, 0.6) is 17.2 Å². The highest BCUT2D eigenvalue weighted by molar-refractivity contribution is 6.07. The number of amides is 1. The number of ether oxygens (including phenoxy) is 3. The van der Waals surface area contributed by atoms with Crippen LogP contribution in [0.3, 0.4) is 0 Å². The van der Waals surface area contributed by atoms with Gasteiger partial charge in [-0.25, -0.2) is 0 Å². The Kier molecular flexibility index (Phi) is 7.92. The van der Waals surface area contributed by atoms with Crippen LogP contribution in [0, 0.1) is 0 Å². The second kappa shape index (κ2) is 11.0. The van der Waals surface area contributed by atoms with Gasteiger partial charge in [0.2, 0.25) is 0 Å². The minimum atomic E-state index is -0.146. The van der Waals surface area contributed by atoms with E-state index in [1.54, 1.807) is 37.3 Å². The molecule has 0 atom stereocenters. The first kappa shape index (κ1) is 22.9. The molecule has 3 aromatic carbocycles. The van der Waals surface area contributed by atoms with Crippen LogP contribution in [0.2, 0.25) is 0 Å². The lowest BCUT2D eigenvalue weighted by molar-refractivity contribution is 0.0988. The monoisotopic (exact) mass is 431 g/mol. The molecule has 0 aromatic heterocycles. The summed E-state index contributed by atoms with van der Waals surface area (Å²) in [5.74, 6) is 1.75. The molecule has 0 aliphatic heterocycles. The van der Waals surface area contributed by atoms with E-state index in [0.29, 0.717) is 30.2 Å². The van der Waals surface area contributed by atoms with Crippen LogP contribution >= 0.6 is 0 Å². The van der Waals surface area contributed by atoms with Crippen molar-refractivity contribution < 1.29 is 19.0 Å². The van der Waals surface area contributed by atoms with Gasteiger partial charge in [0.1, 0.15) is 17.2 Å². The van der Waals surface area contributed by atoms with E-state index >= 15 is 0 Å². The molecule has 32 heavy (non-hydrogen) atoms. The molecule has 5 heteroatoms. The SMILES string of the molecule is CCOc1ccc(N(C/C(C)=C/c2ccccc2)C(=O)c2cc(OC)cc(OC)c2)cc1. The molecule has 0 saturated carbocycles. The van der Waals surface area contributed by atoms with Crippen molar-refractivity contribution in [3.8, 4) is 17.2 Å². The zero-order valence-electron chi connectivity index (χ0n) is 19.0. The van der Waals surface area contributed by atoms with Crippen LogP contribution in [-0.2, 0) is 0 Å². The van der Waals surface area contributed by atoms with Gasteiger partial charge in [-0.3, -0.25) is 4.79 Å². The summed E-state index contributed by atoms with van der Waals surface area (Å²) in [5, 5.41) is 0. The Morgan fingerprint density at radius 3 is 2.06 bits per heavy atom. The van der Waals surface area contributed by atoms with Crippen molar-refractivity contribution in [1.29, 1.82) is 0 Å². The number of nitrogens with zero attached hydrogens (tertiary/aromatic N) is 1. The van der Waals surface area contributed by atoms with Gasteiger partial charge in [0.15, 0.2) is 0 Å². The van der Waals surface area contributed by atoms with Gasteiger partial charge in [-0.2, -0.15) is 0 Å². The molecule has 0 spiro atoms. The Morgan fingerprint density at radius 1 is 0.875 bits per heavy atom. The van der Waals surface area contributed by atoms with E-state index in [4.69, 9.17) is 14.2 Å². The Balaban J connectivity index is 1.97. The Labute approximate surface area is 189 Å². The van der Waals surface area contributed by atoms with Crippen molar-refractivity contribution >= 4 is 17.7 Å². The minimum Gasteiger partial charge on any atom is -0.497 e. The van der Waals surface area contributed by atoms with Gasteiger partial charge >= 0.3 is 0 Å². The lowest BCUT2D eigenvalue weighted by atomic mass is 10.1. The summed E-state index contributed by atoms with van der Waals surface area (Å²) in [7, 11) is 3.14. The van der Waals surface area contributed by atoms with Crippen LogP contribution in [0.25, 0.3) is 6.08 Å². The van der Waals surface area contributed by atoms with Crippen LogP contribution in [0.15, 0.2) is 78.4 Å². The quantitative estimate of drug-likeness (QED) is 0.426. The van der Waals surface area contributed by atoms with Gasteiger partial charge < -0.3 is 19.1 Å². The Bertz CT molecular complexity index is 1040. The van der Waals surface area contributed by atoms with Gasteiger partial charge in [-0.15, -0.1) is 0 Å². The van der Waals surface area contributed by atoms with E-state index in [1.807, 2.05) is 68.4 Å². The lowest BCUT2D eigenvalue weighted by Crippen LogP contribution is -2.32. The predicted octanol–water partition coefficient (Wildman–Crippen LogP) is 5.85. The molecular formula is C27H29NO4. The highest BCUT2D eigenvalue weighted by atomic mass is 16.5. The zero-order valence-corrected chi connectivity index (χ0v) is 19.0. The third kappa shape index (κ3) is 5.91. The number of hydrogen-bond acceptors (Lipinski definition) is 4. The highest BCUT2D eigenvalue weighted by Crippen LogP contribution is 2.27. The number of benzene rings is 3. The molecule has 0 heterocycles. The molecular weight excluding hydrogens is 402 g/mol. The van der Waals surface area contributed by atoms with Crippen molar-refractivity contribution in [2.24, 2.45) is 0 Å². The number of methoxy groups -OCH3 is 2. The van der Waals surface area contributed by atoms with Gasteiger partial charge in [-0.1, -0.05) is 42.0 Å². The number of anilines is 1. The van der Waals surface area contributed by atoms with E-state index < -0.39 is 0 Å². The fraction of sp³-hybridized carbons (Fsp3) is 0.222. The van der Waals surface area contributed by atoms with Crippen molar-refractivity contribution in [3.63, 3.8) is 0 Å². The summed E-state index contributed by atoms with van der Waals surface area (Å²) in [6.07, 6.45) is 2.08. The number of carbonyl (C=O) groups is 1. The van der Waals surface area contributed by atoms with Gasteiger partial charge in [0, 0.05) is 23.9 Å². The molecule has 0 aliphatic rings. The summed E-state index contributed by atoms with van der Waals surface area (Å²) in [4.78, 5) is 15.4. The average Bonchev–Trinajstić information content (AvgIpc) is 2.83.